The predicted octanol–water partition coefficient (Wildman–Crippen LogP) is 14.7. The standard InChI is InChI=1S/C43H78O/c1-4-6-8-10-12-14-16-18-20-22-24-26-28-30-32-34-36-43(40-38-42(3,44)39-41-43)37-35-33-31-29-27-25-23-21-19-17-15-13-11-9-7-5-2/h12-15,18-21,44H,4-11,16-17,22-41H2,1-3H3. The second-order valence-electron chi connectivity index (χ2n) is 14.7. The lowest BCUT2D eigenvalue weighted by molar-refractivity contribution is -0.0262. The number of hydrogen-bond donors (Lipinski definition) is 1. The van der Waals surface area contributed by atoms with E-state index >= 15 is 0 Å². The summed E-state index contributed by atoms with van der Waals surface area (Å²) in [5.74, 6) is 0. The zero-order chi connectivity index (χ0) is 31.9. The van der Waals surface area contributed by atoms with Gasteiger partial charge in [-0.25, -0.2) is 0 Å². The van der Waals surface area contributed by atoms with Crippen LogP contribution < -0.4 is 0 Å². The molecule has 1 fully saturated rings. The Bertz CT molecular complexity index is 663. The van der Waals surface area contributed by atoms with Gasteiger partial charge in [0.25, 0.3) is 0 Å². The third-order valence-electron chi connectivity index (χ3n) is 10.2. The topological polar surface area (TPSA) is 20.2 Å². The van der Waals surface area contributed by atoms with Gasteiger partial charge in [0.15, 0.2) is 0 Å². The van der Waals surface area contributed by atoms with Crippen LogP contribution in [0.25, 0.3) is 0 Å². The minimum absolute atomic E-state index is 0.414. The number of allylic oxidation sites excluding steroid dienone is 8. The quantitative estimate of drug-likeness (QED) is 0.0633. The zero-order valence-electron chi connectivity index (χ0n) is 30.3. The molecular formula is C43H78O. The summed E-state index contributed by atoms with van der Waals surface area (Å²) < 4.78 is 0. The van der Waals surface area contributed by atoms with E-state index in [2.05, 4.69) is 69.4 Å². The molecule has 1 nitrogen and oxygen atoms in total. The van der Waals surface area contributed by atoms with Crippen molar-refractivity contribution in [1.82, 2.24) is 0 Å². The van der Waals surface area contributed by atoms with Gasteiger partial charge in [0.1, 0.15) is 0 Å². The van der Waals surface area contributed by atoms with Crippen LogP contribution in [0.2, 0.25) is 0 Å². The van der Waals surface area contributed by atoms with Gasteiger partial charge in [-0.05, 0) is 115 Å². The molecule has 1 rings (SSSR count). The van der Waals surface area contributed by atoms with E-state index in [1.165, 1.54) is 167 Å². The monoisotopic (exact) mass is 611 g/mol. The molecule has 1 heteroatoms. The molecule has 0 amide bonds. The molecule has 0 saturated heterocycles. The van der Waals surface area contributed by atoms with E-state index in [1.54, 1.807) is 0 Å². The molecule has 1 saturated carbocycles. The third kappa shape index (κ3) is 25.2. The summed E-state index contributed by atoms with van der Waals surface area (Å²) >= 11 is 0. The van der Waals surface area contributed by atoms with Gasteiger partial charge in [0, 0.05) is 0 Å². The molecule has 0 unspecified atom stereocenters. The lowest BCUT2D eigenvalue weighted by Crippen LogP contribution is -2.36. The van der Waals surface area contributed by atoms with Crippen molar-refractivity contribution >= 4 is 0 Å². The maximum absolute atomic E-state index is 10.6. The van der Waals surface area contributed by atoms with E-state index in [4.69, 9.17) is 0 Å². The smallest absolute Gasteiger partial charge is 0.0620 e. The van der Waals surface area contributed by atoms with Gasteiger partial charge in [-0.2, -0.15) is 0 Å². The van der Waals surface area contributed by atoms with Crippen molar-refractivity contribution in [1.29, 1.82) is 0 Å². The van der Waals surface area contributed by atoms with E-state index < -0.39 is 5.60 Å². The van der Waals surface area contributed by atoms with Crippen LogP contribution in [-0.4, -0.2) is 10.7 Å². The molecule has 0 spiro atoms. The first-order chi connectivity index (χ1) is 21.5. The fraction of sp³-hybridized carbons (Fsp3) is 0.814. The minimum Gasteiger partial charge on any atom is -0.390 e. The van der Waals surface area contributed by atoms with Crippen LogP contribution in [0.1, 0.15) is 213 Å². The van der Waals surface area contributed by atoms with Gasteiger partial charge >= 0.3 is 0 Å². The summed E-state index contributed by atoms with van der Waals surface area (Å²) in [7, 11) is 0. The largest absolute Gasteiger partial charge is 0.390 e. The highest BCUT2D eigenvalue weighted by atomic mass is 16.3. The van der Waals surface area contributed by atoms with Crippen LogP contribution in [0, 0.1) is 5.41 Å². The highest BCUT2D eigenvalue weighted by Gasteiger charge is 2.38. The molecule has 0 heterocycles. The molecule has 1 aliphatic carbocycles. The zero-order valence-corrected chi connectivity index (χ0v) is 30.3. The van der Waals surface area contributed by atoms with Gasteiger partial charge in [0.05, 0.1) is 5.60 Å². The van der Waals surface area contributed by atoms with Crippen molar-refractivity contribution in [2.24, 2.45) is 5.41 Å². The van der Waals surface area contributed by atoms with Crippen LogP contribution in [0.5, 0.6) is 0 Å². The maximum atomic E-state index is 10.6. The van der Waals surface area contributed by atoms with Crippen LogP contribution in [0.3, 0.4) is 0 Å². The van der Waals surface area contributed by atoms with Gasteiger partial charge in [0.2, 0.25) is 0 Å². The molecule has 0 aromatic heterocycles. The van der Waals surface area contributed by atoms with Gasteiger partial charge in [-0.1, -0.05) is 152 Å². The van der Waals surface area contributed by atoms with Gasteiger partial charge in [-0.3, -0.25) is 0 Å². The fourth-order valence-electron chi connectivity index (χ4n) is 6.92. The van der Waals surface area contributed by atoms with Crippen molar-refractivity contribution in [3.8, 4) is 0 Å². The van der Waals surface area contributed by atoms with Crippen LogP contribution in [0.15, 0.2) is 48.6 Å². The Balaban J connectivity index is 2.09. The fourth-order valence-corrected chi connectivity index (χ4v) is 6.92. The summed E-state index contributed by atoms with van der Waals surface area (Å²) in [5, 5.41) is 10.6. The molecule has 1 N–H and O–H groups in total. The van der Waals surface area contributed by atoms with Crippen molar-refractivity contribution < 1.29 is 5.11 Å². The Morgan fingerprint density at radius 3 is 1.09 bits per heavy atom. The van der Waals surface area contributed by atoms with Crippen molar-refractivity contribution in [2.75, 3.05) is 0 Å². The van der Waals surface area contributed by atoms with Gasteiger partial charge in [-0.15, -0.1) is 0 Å². The average Bonchev–Trinajstić information content (AvgIpc) is 3.02. The molecule has 0 atom stereocenters. The van der Waals surface area contributed by atoms with Crippen molar-refractivity contribution in [3.63, 3.8) is 0 Å². The summed E-state index contributed by atoms with van der Waals surface area (Å²) in [4.78, 5) is 0. The minimum atomic E-state index is -0.414. The maximum Gasteiger partial charge on any atom is 0.0620 e. The molecule has 0 bridgehead atoms. The van der Waals surface area contributed by atoms with E-state index in [0.717, 1.165) is 25.7 Å². The van der Waals surface area contributed by atoms with Crippen LogP contribution in [0.4, 0.5) is 0 Å². The van der Waals surface area contributed by atoms with Crippen molar-refractivity contribution in [2.45, 2.75) is 219 Å². The SMILES string of the molecule is CCCCCC=CCC=CCCCCCCCCC1(CCCCCCCCC=CCC=CCCCCC)CCC(C)(O)CC1. The molecule has 0 aromatic carbocycles. The number of rotatable bonds is 30. The first-order valence-electron chi connectivity index (χ1n) is 19.9. The van der Waals surface area contributed by atoms with E-state index in [9.17, 15) is 5.11 Å². The Morgan fingerprint density at radius 2 is 0.727 bits per heavy atom. The Kier molecular flexibility index (Phi) is 27.3. The molecule has 1 aliphatic rings. The second kappa shape index (κ2) is 29.3. The van der Waals surface area contributed by atoms with Crippen LogP contribution >= 0.6 is 0 Å². The lowest BCUT2D eigenvalue weighted by atomic mass is 9.64. The highest BCUT2D eigenvalue weighted by Crippen LogP contribution is 2.47. The molecule has 0 aromatic rings. The average molecular weight is 611 g/mol. The predicted molar refractivity (Wildman–Crippen MR) is 199 cm³/mol. The summed E-state index contributed by atoms with van der Waals surface area (Å²) in [6.45, 7) is 6.61. The summed E-state index contributed by atoms with van der Waals surface area (Å²) in [6, 6.07) is 0. The Hall–Kier alpha value is -1.08. The van der Waals surface area contributed by atoms with Crippen molar-refractivity contribution in [3.05, 3.63) is 48.6 Å². The summed E-state index contributed by atoms with van der Waals surface area (Å²) in [6.07, 6.45) is 58.2. The normalized spacial score (nSPS) is 21.2. The second-order valence-corrected chi connectivity index (χ2v) is 14.7. The first kappa shape index (κ1) is 40.9. The Labute approximate surface area is 277 Å². The van der Waals surface area contributed by atoms with E-state index in [0.29, 0.717) is 5.41 Å². The third-order valence-corrected chi connectivity index (χ3v) is 10.2. The molecule has 44 heavy (non-hydrogen) atoms. The van der Waals surface area contributed by atoms with Gasteiger partial charge < -0.3 is 5.11 Å². The number of aliphatic hydroxyl groups is 1. The number of unbranched alkanes of at least 4 members (excludes halogenated alkanes) is 18. The van der Waals surface area contributed by atoms with Crippen LogP contribution in [-0.2, 0) is 0 Å². The number of hydrogen-bond acceptors (Lipinski definition) is 1. The molecule has 0 aliphatic heterocycles. The Morgan fingerprint density at radius 1 is 0.409 bits per heavy atom. The molecular weight excluding hydrogens is 532 g/mol. The summed E-state index contributed by atoms with van der Waals surface area (Å²) in [5.41, 5.74) is 0.106. The highest BCUT2D eigenvalue weighted by molar-refractivity contribution is 4.94. The van der Waals surface area contributed by atoms with E-state index in [-0.39, 0.29) is 0 Å². The van der Waals surface area contributed by atoms with E-state index in [1.807, 2.05) is 0 Å². The first-order valence-corrected chi connectivity index (χ1v) is 19.9. The molecule has 256 valence electrons. The molecule has 0 radical (unpaired) electrons. The lowest BCUT2D eigenvalue weighted by Gasteiger charge is -2.43.